The van der Waals surface area contributed by atoms with Crippen molar-refractivity contribution in [2.75, 3.05) is 13.1 Å². The van der Waals surface area contributed by atoms with Gasteiger partial charge in [0.2, 0.25) is 0 Å². The van der Waals surface area contributed by atoms with Gasteiger partial charge >= 0.3 is 19.3 Å². The normalized spacial score (nSPS) is 29.4. The van der Waals surface area contributed by atoms with Crippen molar-refractivity contribution in [1.82, 2.24) is 5.32 Å². The van der Waals surface area contributed by atoms with Crippen LogP contribution in [0.5, 0.6) is 0 Å². The van der Waals surface area contributed by atoms with Crippen LogP contribution in [0.4, 0.5) is 13.2 Å². The molecule has 10 heteroatoms. The SMILES string of the molecule is NC1(C(=O)O)CC(CCB(O)O)CCC1CNCC(F)(F)F. The monoisotopic (exact) mass is 326 g/mol. The first-order valence-electron chi connectivity index (χ1n) is 7.20. The highest BCUT2D eigenvalue weighted by Gasteiger charge is 2.46. The summed E-state index contributed by atoms with van der Waals surface area (Å²) in [7, 11) is -1.46. The third kappa shape index (κ3) is 5.75. The van der Waals surface area contributed by atoms with E-state index in [2.05, 4.69) is 5.32 Å². The molecule has 3 atom stereocenters. The fourth-order valence-electron chi connectivity index (χ4n) is 3.01. The molecule has 0 heterocycles. The van der Waals surface area contributed by atoms with E-state index in [1.165, 1.54) is 0 Å². The molecule has 1 rings (SSSR count). The maximum absolute atomic E-state index is 12.1. The molecule has 1 aliphatic carbocycles. The van der Waals surface area contributed by atoms with Gasteiger partial charge in [0, 0.05) is 12.5 Å². The van der Waals surface area contributed by atoms with Crippen LogP contribution in [0.1, 0.15) is 25.7 Å². The number of hydrogen-bond acceptors (Lipinski definition) is 5. The van der Waals surface area contributed by atoms with Gasteiger partial charge in [0.15, 0.2) is 0 Å². The number of halogens is 3. The number of rotatable bonds is 7. The van der Waals surface area contributed by atoms with E-state index in [0.29, 0.717) is 19.3 Å². The lowest BCUT2D eigenvalue weighted by Gasteiger charge is -2.41. The summed E-state index contributed by atoms with van der Waals surface area (Å²) in [5, 5.41) is 29.3. The molecule has 0 aliphatic heterocycles. The molecule has 0 aromatic rings. The molecule has 0 amide bonds. The Balaban J connectivity index is 2.61. The molecule has 1 aliphatic rings. The smallest absolute Gasteiger partial charge is 0.451 e. The summed E-state index contributed by atoms with van der Waals surface area (Å²) in [6, 6.07) is 0. The lowest BCUT2D eigenvalue weighted by Crippen LogP contribution is -2.60. The Morgan fingerprint density at radius 3 is 2.50 bits per heavy atom. The molecule has 6 N–H and O–H groups in total. The molecule has 0 spiro atoms. The number of carboxylic acids is 1. The molecule has 128 valence electrons. The van der Waals surface area contributed by atoms with Crippen LogP contribution in [-0.2, 0) is 4.79 Å². The van der Waals surface area contributed by atoms with E-state index in [4.69, 9.17) is 15.8 Å². The van der Waals surface area contributed by atoms with Crippen molar-refractivity contribution in [1.29, 1.82) is 0 Å². The Kier molecular flexibility index (Phi) is 6.66. The molecule has 1 fully saturated rings. The number of hydrogen-bond donors (Lipinski definition) is 5. The second-order valence-corrected chi connectivity index (χ2v) is 5.99. The van der Waals surface area contributed by atoms with E-state index in [9.17, 15) is 23.1 Å². The lowest BCUT2D eigenvalue weighted by molar-refractivity contribution is -0.148. The van der Waals surface area contributed by atoms with E-state index < -0.39 is 37.3 Å². The van der Waals surface area contributed by atoms with Crippen LogP contribution < -0.4 is 11.1 Å². The van der Waals surface area contributed by atoms with Crippen LogP contribution in [0.2, 0.25) is 6.32 Å². The highest BCUT2D eigenvalue weighted by molar-refractivity contribution is 6.40. The van der Waals surface area contributed by atoms with Crippen molar-refractivity contribution in [2.45, 2.75) is 43.7 Å². The second kappa shape index (κ2) is 7.63. The maximum Gasteiger partial charge on any atom is 0.451 e. The minimum Gasteiger partial charge on any atom is -0.480 e. The van der Waals surface area contributed by atoms with Crippen molar-refractivity contribution >= 4 is 13.1 Å². The second-order valence-electron chi connectivity index (χ2n) is 5.99. The quantitative estimate of drug-likeness (QED) is 0.427. The van der Waals surface area contributed by atoms with Gasteiger partial charge in [0.05, 0.1) is 6.54 Å². The molecular weight excluding hydrogens is 304 g/mol. The molecule has 1 saturated carbocycles. The Hall–Kier alpha value is -0.835. The first kappa shape index (κ1) is 19.2. The van der Waals surface area contributed by atoms with Gasteiger partial charge in [-0.25, -0.2) is 0 Å². The highest BCUT2D eigenvalue weighted by Crippen LogP contribution is 2.38. The summed E-state index contributed by atoms with van der Waals surface area (Å²) in [6.07, 6.45) is -2.69. The van der Waals surface area contributed by atoms with Gasteiger partial charge in [0.25, 0.3) is 0 Å². The van der Waals surface area contributed by atoms with E-state index in [0.717, 1.165) is 0 Å². The predicted octanol–water partition coefficient (Wildman–Crippen LogP) is 0.200. The predicted molar refractivity (Wildman–Crippen MR) is 73.9 cm³/mol. The summed E-state index contributed by atoms with van der Waals surface area (Å²) < 4.78 is 36.4. The van der Waals surface area contributed by atoms with Crippen LogP contribution in [0.3, 0.4) is 0 Å². The van der Waals surface area contributed by atoms with Crippen LogP contribution in [-0.4, -0.2) is 53.0 Å². The van der Waals surface area contributed by atoms with Gasteiger partial charge in [-0.1, -0.05) is 6.42 Å². The minimum atomic E-state index is -4.35. The van der Waals surface area contributed by atoms with Crippen LogP contribution in [0.15, 0.2) is 0 Å². The van der Waals surface area contributed by atoms with Gasteiger partial charge in [-0.3, -0.25) is 4.79 Å². The summed E-state index contributed by atoms with van der Waals surface area (Å²) in [6.45, 7) is -1.29. The van der Waals surface area contributed by atoms with Crippen LogP contribution >= 0.6 is 0 Å². The zero-order valence-electron chi connectivity index (χ0n) is 12.1. The summed E-state index contributed by atoms with van der Waals surface area (Å²) >= 11 is 0. The zero-order chi connectivity index (χ0) is 17.0. The fourth-order valence-corrected chi connectivity index (χ4v) is 3.01. The van der Waals surface area contributed by atoms with Gasteiger partial charge in [-0.15, -0.1) is 0 Å². The average molecular weight is 326 g/mol. The van der Waals surface area contributed by atoms with Gasteiger partial charge in [-0.2, -0.15) is 13.2 Å². The molecule has 0 saturated heterocycles. The maximum atomic E-state index is 12.1. The summed E-state index contributed by atoms with van der Waals surface area (Å²) in [5.74, 6) is -1.91. The summed E-state index contributed by atoms with van der Waals surface area (Å²) in [4.78, 5) is 11.5. The van der Waals surface area contributed by atoms with E-state index in [1.54, 1.807) is 0 Å². The van der Waals surface area contributed by atoms with Crippen molar-refractivity contribution in [2.24, 2.45) is 17.6 Å². The molecule has 0 aromatic heterocycles. The summed E-state index contributed by atoms with van der Waals surface area (Å²) in [5.41, 5.74) is 4.35. The van der Waals surface area contributed by atoms with Crippen molar-refractivity contribution in [3.05, 3.63) is 0 Å². The number of nitrogens with two attached hydrogens (primary N) is 1. The molecule has 22 heavy (non-hydrogen) atoms. The third-order valence-corrected chi connectivity index (χ3v) is 4.23. The molecular formula is C12H22BF3N2O4. The average Bonchev–Trinajstić information content (AvgIpc) is 2.37. The third-order valence-electron chi connectivity index (χ3n) is 4.23. The Labute approximate surface area is 127 Å². The first-order chi connectivity index (χ1) is 10.0. The molecule has 6 nitrogen and oxygen atoms in total. The number of carboxylic acid groups (broad SMARTS) is 1. The number of carbonyl (C=O) groups is 1. The van der Waals surface area contributed by atoms with Crippen molar-refractivity contribution in [3.63, 3.8) is 0 Å². The number of aliphatic carboxylic acids is 1. The van der Waals surface area contributed by atoms with Gasteiger partial charge in [0.1, 0.15) is 5.54 Å². The topological polar surface area (TPSA) is 116 Å². The molecule has 0 radical (unpaired) electrons. The van der Waals surface area contributed by atoms with E-state index in [-0.39, 0.29) is 25.2 Å². The van der Waals surface area contributed by atoms with E-state index >= 15 is 0 Å². The molecule has 0 bridgehead atoms. The number of alkyl halides is 3. The van der Waals surface area contributed by atoms with Crippen LogP contribution in [0.25, 0.3) is 0 Å². The minimum absolute atomic E-state index is 0.0817. The standard InChI is InChI=1S/C12H22BF3N2O4/c14-12(15,16)7-18-6-9-2-1-8(3-4-13(21)22)5-11(9,17)10(19)20/h8-9,18,21-22H,1-7,17H2,(H,19,20). The zero-order valence-corrected chi connectivity index (χ0v) is 12.1. The largest absolute Gasteiger partial charge is 0.480 e. The Bertz CT molecular complexity index is 384. The van der Waals surface area contributed by atoms with Crippen LogP contribution in [0, 0.1) is 11.8 Å². The molecule has 0 aromatic carbocycles. The Morgan fingerprint density at radius 2 is 2.00 bits per heavy atom. The van der Waals surface area contributed by atoms with Crippen molar-refractivity contribution in [3.8, 4) is 0 Å². The highest BCUT2D eigenvalue weighted by atomic mass is 19.4. The number of nitrogens with one attached hydrogen (secondary N) is 1. The molecule has 3 unspecified atom stereocenters. The van der Waals surface area contributed by atoms with E-state index in [1.807, 2.05) is 0 Å². The Morgan fingerprint density at radius 1 is 1.36 bits per heavy atom. The van der Waals surface area contributed by atoms with Gasteiger partial charge in [-0.05, 0) is 31.5 Å². The first-order valence-corrected chi connectivity index (χ1v) is 7.20. The fraction of sp³-hybridized carbons (Fsp3) is 0.917. The van der Waals surface area contributed by atoms with Gasteiger partial charge < -0.3 is 26.2 Å². The lowest BCUT2D eigenvalue weighted by atomic mass is 9.66. The van der Waals surface area contributed by atoms with Crippen molar-refractivity contribution < 1.29 is 33.1 Å².